The van der Waals surface area contributed by atoms with Gasteiger partial charge in [0.15, 0.2) is 9.84 Å². The van der Waals surface area contributed by atoms with Crippen molar-refractivity contribution in [3.63, 3.8) is 0 Å². The zero-order valence-corrected chi connectivity index (χ0v) is 17.7. The number of anilines is 1. The minimum atomic E-state index is -3.58. The van der Waals surface area contributed by atoms with E-state index in [0.29, 0.717) is 16.9 Å². The van der Waals surface area contributed by atoms with Gasteiger partial charge >= 0.3 is 0 Å². The second-order valence-corrected chi connectivity index (χ2v) is 9.27. The maximum Gasteiger partial charge on any atom is 0.239 e. The molecule has 1 amide bonds. The molecule has 0 aliphatic carbocycles. The number of carbonyl (C=O) groups is 1. The number of hydrogen-bond acceptors (Lipinski definition) is 5. The molecule has 29 heavy (non-hydrogen) atoms. The Morgan fingerprint density at radius 3 is 2.17 bits per heavy atom. The van der Waals surface area contributed by atoms with Crippen LogP contribution in [0.25, 0.3) is 0 Å². The number of amides is 1. The van der Waals surface area contributed by atoms with E-state index in [-0.39, 0.29) is 5.75 Å². The fourth-order valence-corrected chi connectivity index (χ4v) is 4.26. The summed E-state index contributed by atoms with van der Waals surface area (Å²) in [4.78, 5) is 12.1. The third kappa shape index (κ3) is 6.92. The Labute approximate surface area is 177 Å². The summed E-state index contributed by atoms with van der Waals surface area (Å²) in [6, 6.07) is 23.0. The molecule has 0 bridgehead atoms. The molecule has 3 aromatic rings. The average molecular weight is 472 g/mol. The van der Waals surface area contributed by atoms with Gasteiger partial charge in [-0.1, -0.05) is 46.3 Å². The molecule has 0 saturated heterocycles. The van der Waals surface area contributed by atoms with E-state index in [9.17, 15) is 13.2 Å². The summed E-state index contributed by atoms with van der Waals surface area (Å²) < 4.78 is 25.4. The standard InChI is InChI=1S/C21H18BrN3O3S/c22-17-6-4-5-16(13-17)14-29(27,28)15-21(26)23-18-9-11-20(12-10-18)25-24-19-7-2-1-3-8-19/h1-13H,14-15H2,(H,23,26). The summed E-state index contributed by atoms with van der Waals surface area (Å²) in [5.74, 6) is -1.37. The van der Waals surface area contributed by atoms with E-state index in [4.69, 9.17) is 0 Å². The van der Waals surface area contributed by atoms with E-state index in [1.807, 2.05) is 36.4 Å². The molecule has 0 radical (unpaired) electrons. The van der Waals surface area contributed by atoms with E-state index in [2.05, 4.69) is 31.5 Å². The van der Waals surface area contributed by atoms with Crippen LogP contribution in [0.3, 0.4) is 0 Å². The van der Waals surface area contributed by atoms with Crippen molar-refractivity contribution in [2.75, 3.05) is 11.1 Å². The van der Waals surface area contributed by atoms with E-state index in [0.717, 1.165) is 10.2 Å². The molecule has 3 rings (SSSR count). The van der Waals surface area contributed by atoms with Crippen molar-refractivity contribution in [2.45, 2.75) is 5.75 Å². The zero-order valence-electron chi connectivity index (χ0n) is 15.3. The highest BCUT2D eigenvalue weighted by Crippen LogP contribution is 2.20. The van der Waals surface area contributed by atoms with Crippen LogP contribution < -0.4 is 5.32 Å². The lowest BCUT2D eigenvalue weighted by atomic mass is 10.2. The lowest BCUT2D eigenvalue weighted by Gasteiger charge is -2.07. The Morgan fingerprint density at radius 1 is 0.862 bits per heavy atom. The highest BCUT2D eigenvalue weighted by Gasteiger charge is 2.17. The molecule has 0 unspecified atom stereocenters. The van der Waals surface area contributed by atoms with Crippen LogP contribution in [-0.4, -0.2) is 20.1 Å². The van der Waals surface area contributed by atoms with Gasteiger partial charge in [-0.2, -0.15) is 10.2 Å². The van der Waals surface area contributed by atoms with Crippen LogP contribution in [0.2, 0.25) is 0 Å². The SMILES string of the molecule is O=C(CS(=O)(=O)Cc1cccc(Br)c1)Nc1ccc(N=Nc2ccccc2)cc1. The molecule has 6 nitrogen and oxygen atoms in total. The third-order valence-electron chi connectivity index (χ3n) is 3.81. The van der Waals surface area contributed by atoms with Crippen LogP contribution >= 0.6 is 15.9 Å². The van der Waals surface area contributed by atoms with Crippen LogP contribution in [0.4, 0.5) is 17.1 Å². The highest BCUT2D eigenvalue weighted by molar-refractivity contribution is 9.10. The molecular weight excluding hydrogens is 454 g/mol. The quantitative estimate of drug-likeness (QED) is 0.466. The fourth-order valence-electron chi connectivity index (χ4n) is 2.55. The van der Waals surface area contributed by atoms with Crippen LogP contribution in [0.5, 0.6) is 0 Å². The number of benzene rings is 3. The molecule has 148 valence electrons. The monoisotopic (exact) mass is 471 g/mol. The van der Waals surface area contributed by atoms with Crippen LogP contribution in [0, 0.1) is 0 Å². The molecule has 0 aliphatic rings. The van der Waals surface area contributed by atoms with Crippen molar-refractivity contribution in [2.24, 2.45) is 10.2 Å². The molecule has 8 heteroatoms. The van der Waals surface area contributed by atoms with E-state index in [1.165, 1.54) is 0 Å². The van der Waals surface area contributed by atoms with Crippen LogP contribution in [-0.2, 0) is 20.4 Å². The van der Waals surface area contributed by atoms with Crippen LogP contribution in [0.15, 0.2) is 93.6 Å². The number of sulfone groups is 1. The van der Waals surface area contributed by atoms with Gasteiger partial charge < -0.3 is 5.32 Å². The first-order valence-electron chi connectivity index (χ1n) is 8.71. The van der Waals surface area contributed by atoms with E-state index < -0.39 is 21.5 Å². The second kappa shape index (κ2) is 9.58. The molecule has 0 spiro atoms. The molecule has 0 saturated carbocycles. The number of hydrogen-bond donors (Lipinski definition) is 1. The molecule has 1 N–H and O–H groups in total. The van der Waals surface area contributed by atoms with Crippen molar-refractivity contribution < 1.29 is 13.2 Å². The highest BCUT2D eigenvalue weighted by atomic mass is 79.9. The van der Waals surface area contributed by atoms with Crippen LogP contribution in [0.1, 0.15) is 5.56 Å². The Morgan fingerprint density at radius 2 is 1.52 bits per heavy atom. The minimum Gasteiger partial charge on any atom is -0.325 e. The molecular formula is C21H18BrN3O3S. The molecule has 0 atom stereocenters. The smallest absolute Gasteiger partial charge is 0.239 e. The Kier molecular flexibility index (Phi) is 6.90. The van der Waals surface area contributed by atoms with E-state index in [1.54, 1.807) is 42.5 Å². The largest absolute Gasteiger partial charge is 0.325 e. The lowest BCUT2D eigenvalue weighted by Crippen LogP contribution is -2.23. The van der Waals surface area contributed by atoms with Gasteiger partial charge in [0.2, 0.25) is 5.91 Å². The summed E-state index contributed by atoms with van der Waals surface area (Å²) in [5, 5.41) is 10.8. The Hall–Kier alpha value is -2.84. The molecule has 0 aromatic heterocycles. The van der Waals surface area contributed by atoms with Gasteiger partial charge in [-0.25, -0.2) is 8.42 Å². The molecule has 3 aromatic carbocycles. The normalized spacial score (nSPS) is 11.5. The summed E-state index contributed by atoms with van der Waals surface area (Å²) >= 11 is 3.31. The zero-order chi connectivity index (χ0) is 20.7. The first kappa shape index (κ1) is 20.9. The van der Waals surface area contributed by atoms with Gasteiger partial charge in [-0.05, 0) is 54.1 Å². The predicted molar refractivity (Wildman–Crippen MR) is 117 cm³/mol. The van der Waals surface area contributed by atoms with Gasteiger partial charge in [-0.15, -0.1) is 0 Å². The van der Waals surface area contributed by atoms with Crippen molar-refractivity contribution in [1.82, 2.24) is 0 Å². The van der Waals surface area contributed by atoms with Gasteiger partial charge in [0.25, 0.3) is 0 Å². The summed E-state index contributed by atoms with van der Waals surface area (Å²) in [6.45, 7) is 0. The number of rotatable bonds is 7. The minimum absolute atomic E-state index is 0.196. The van der Waals surface area contributed by atoms with E-state index >= 15 is 0 Å². The van der Waals surface area contributed by atoms with Crippen molar-refractivity contribution in [3.05, 3.63) is 88.9 Å². The summed E-state index contributed by atoms with van der Waals surface area (Å²) in [5.41, 5.74) is 2.47. The predicted octanol–water partition coefficient (Wildman–Crippen LogP) is 5.42. The van der Waals surface area contributed by atoms with Gasteiger partial charge in [0.05, 0.1) is 17.1 Å². The molecule has 0 aliphatic heterocycles. The maximum absolute atomic E-state index is 12.3. The first-order valence-corrected chi connectivity index (χ1v) is 11.3. The topological polar surface area (TPSA) is 88.0 Å². The number of nitrogens with one attached hydrogen (secondary N) is 1. The fraction of sp³-hybridized carbons (Fsp3) is 0.0952. The second-order valence-electron chi connectivity index (χ2n) is 6.29. The average Bonchev–Trinajstić information content (AvgIpc) is 2.67. The molecule has 0 fully saturated rings. The Bertz CT molecular complexity index is 1120. The van der Waals surface area contributed by atoms with Crippen molar-refractivity contribution in [1.29, 1.82) is 0 Å². The number of azo groups is 1. The summed E-state index contributed by atoms with van der Waals surface area (Å²) in [7, 11) is -3.58. The number of nitrogens with zero attached hydrogens (tertiary/aromatic N) is 2. The summed E-state index contributed by atoms with van der Waals surface area (Å²) in [6.07, 6.45) is 0. The molecule has 0 heterocycles. The van der Waals surface area contributed by atoms with Crippen molar-refractivity contribution in [3.8, 4) is 0 Å². The van der Waals surface area contributed by atoms with Crippen molar-refractivity contribution >= 4 is 48.7 Å². The third-order valence-corrected chi connectivity index (χ3v) is 5.78. The number of carbonyl (C=O) groups excluding carboxylic acids is 1. The van der Waals surface area contributed by atoms with Gasteiger partial charge in [-0.3, -0.25) is 4.79 Å². The Balaban J connectivity index is 1.57. The lowest BCUT2D eigenvalue weighted by molar-refractivity contribution is -0.113. The van der Waals surface area contributed by atoms with Gasteiger partial charge in [0, 0.05) is 10.2 Å². The van der Waals surface area contributed by atoms with Gasteiger partial charge in [0.1, 0.15) is 5.75 Å². The first-order chi connectivity index (χ1) is 13.9. The number of halogens is 1. The maximum atomic E-state index is 12.3.